The lowest BCUT2D eigenvalue weighted by atomic mass is 10.1. The number of carbonyl (C=O) groups excluding carboxylic acids is 1. The van der Waals surface area contributed by atoms with Gasteiger partial charge in [0.1, 0.15) is 12.1 Å². The van der Waals surface area contributed by atoms with Gasteiger partial charge in [-0.3, -0.25) is 18.6 Å². The van der Waals surface area contributed by atoms with E-state index in [-0.39, 0.29) is 13.0 Å². The van der Waals surface area contributed by atoms with Crippen LogP contribution in [0.15, 0.2) is 36.5 Å². The number of carboxylic acid groups (broad SMARTS) is 1. The number of carboxylic acids is 1. The van der Waals surface area contributed by atoms with Crippen molar-refractivity contribution < 1.29 is 42.7 Å². The first-order valence-corrected chi connectivity index (χ1v) is 19.5. The summed E-state index contributed by atoms with van der Waals surface area (Å²) in [6.45, 7) is 3.68. The molecule has 0 heterocycles. The van der Waals surface area contributed by atoms with E-state index in [1.165, 1.54) is 44.9 Å². The van der Waals surface area contributed by atoms with Gasteiger partial charge in [-0.2, -0.15) is 0 Å². The summed E-state index contributed by atoms with van der Waals surface area (Å²) in [4.78, 5) is 33.3. The number of ether oxygens (including phenoxy) is 2. The van der Waals surface area contributed by atoms with E-state index in [1.807, 2.05) is 0 Å². The standard InChI is InChI=1S/C36H66NO9P/c1-3-5-7-9-11-13-15-16-17-19-21-23-25-27-29-43-30-33(31-44-47(41,42)45-32-34(37)36(39)40)46-35(38)28-26-24-22-20-18-14-12-10-8-6-4-2/h5,7,11,13,16-17,33-34H,3-4,6,8-10,12,14-15,18-32,37H2,1-2H3,(H,39,40)(H,41,42)/b7-5-,13-11-,17-16-. The monoisotopic (exact) mass is 687 g/mol. The van der Waals surface area contributed by atoms with Crippen molar-refractivity contribution in [2.45, 2.75) is 154 Å². The Kier molecular flexibility index (Phi) is 31.5. The van der Waals surface area contributed by atoms with Crippen molar-refractivity contribution >= 4 is 19.8 Å². The van der Waals surface area contributed by atoms with Crippen LogP contribution >= 0.6 is 7.82 Å². The summed E-state index contributed by atoms with van der Waals surface area (Å²) in [6, 6.07) is -1.47. The zero-order valence-corrected chi connectivity index (χ0v) is 30.3. The average Bonchev–Trinajstić information content (AvgIpc) is 3.04. The number of phosphoric acid groups is 1. The summed E-state index contributed by atoms with van der Waals surface area (Å²) in [7, 11) is -4.61. The number of aliphatic carboxylic acids is 1. The first-order valence-electron chi connectivity index (χ1n) is 18.0. The summed E-state index contributed by atoms with van der Waals surface area (Å²) < 4.78 is 33.1. The second-order valence-electron chi connectivity index (χ2n) is 12.0. The molecule has 3 atom stereocenters. The molecule has 0 aliphatic heterocycles. The zero-order chi connectivity index (χ0) is 34.9. The SMILES string of the molecule is CC/C=C\C/C=C\C/C=C\CCCCCCOCC(COP(=O)(O)OCC(N)C(=O)O)OC(=O)CCCCCCCCCCCCC. The molecule has 47 heavy (non-hydrogen) atoms. The number of rotatable bonds is 34. The molecular weight excluding hydrogens is 621 g/mol. The summed E-state index contributed by atoms with van der Waals surface area (Å²) >= 11 is 0. The molecule has 0 amide bonds. The Morgan fingerprint density at radius 3 is 1.85 bits per heavy atom. The van der Waals surface area contributed by atoms with Gasteiger partial charge < -0.3 is 25.2 Å². The molecule has 274 valence electrons. The van der Waals surface area contributed by atoms with Crippen molar-refractivity contribution in [3.63, 3.8) is 0 Å². The smallest absolute Gasteiger partial charge is 0.472 e. The van der Waals surface area contributed by atoms with Crippen molar-refractivity contribution in [1.29, 1.82) is 0 Å². The van der Waals surface area contributed by atoms with Crippen molar-refractivity contribution in [3.05, 3.63) is 36.5 Å². The summed E-state index contributed by atoms with van der Waals surface area (Å²) in [5.41, 5.74) is 5.32. The fourth-order valence-corrected chi connectivity index (χ4v) is 5.39. The van der Waals surface area contributed by atoms with E-state index in [9.17, 15) is 19.0 Å². The number of esters is 1. The lowest BCUT2D eigenvalue weighted by Crippen LogP contribution is -2.34. The Morgan fingerprint density at radius 2 is 1.23 bits per heavy atom. The third-order valence-corrected chi connectivity index (χ3v) is 8.38. The van der Waals surface area contributed by atoms with E-state index in [2.05, 4.69) is 54.8 Å². The maximum absolute atomic E-state index is 12.5. The number of hydrogen-bond acceptors (Lipinski definition) is 8. The van der Waals surface area contributed by atoms with Crippen LogP contribution in [0, 0.1) is 0 Å². The molecule has 4 N–H and O–H groups in total. The van der Waals surface area contributed by atoms with Gasteiger partial charge in [-0.1, -0.05) is 127 Å². The maximum Gasteiger partial charge on any atom is 0.472 e. The lowest BCUT2D eigenvalue weighted by Gasteiger charge is -2.20. The lowest BCUT2D eigenvalue weighted by molar-refractivity contribution is -0.154. The summed E-state index contributed by atoms with van der Waals surface area (Å²) in [5, 5.41) is 8.85. The first kappa shape index (κ1) is 45.2. The van der Waals surface area contributed by atoms with E-state index in [4.69, 9.17) is 24.8 Å². The minimum Gasteiger partial charge on any atom is -0.480 e. The molecule has 0 saturated carbocycles. The Morgan fingerprint density at radius 1 is 0.702 bits per heavy atom. The largest absolute Gasteiger partial charge is 0.480 e. The van der Waals surface area contributed by atoms with E-state index in [0.29, 0.717) is 13.0 Å². The van der Waals surface area contributed by atoms with E-state index < -0.39 is 45.1 Å². The number of unbranched alkanes of at least 4 members (excludes halogenated alkanes) is 14. The predicted molar refractivity (Wildman–Crippen MR) is 189 cm³/mol. The van der Waals surface area contributed by atoms with Gasteiger partial charge in [0.2, 0.25) is 0 Å². The number of hydrogen-bond donors (Lipinski definition) is 3. The molecule has 0 aliphatic rings. The fraction of sp³-hybridized carbons (Fsp3) is 0.778. The Labute approximate surface area is 285 Å². The molecule has 0 fully saturated rings. The van der Waals surface area contributed by atoms with Crippen LogP contribution in [0.3, 0.4) is 0 Å². The van der Waals surface area contributed by atoms with Crippen LogP contribution in [-0.4, -0.2) is 60.5 Å². The fourth-order valence-electron chi connectivity index (χ4n) is 4.62. The van der Waals surface area contributed by atoms with E-state index in [1.54, 1.807) is 0 Å². The van der Waals surface area contributed by atoms with Crippen molar-refractivity contribution in [3.8, 4) is 0 Å². The quantitative estimate of drug-likeness (QED) is 0.0258. The average molecular weight is 688 g/mol. The Bertz CT molecular complexity index is 894. The maximum atomic E-state index is 12.5. The van der Waals surface area contributed by atoms with Gasteiger partial charge in [-0.05, 0) is 44.9 Å². The first-order chi connectivity index (χ1) is 22.7. The molecule has 11 heteroatoms. The van der Waals surface area contributed by atoms with E-state index in [0.717, 1.165) is 70.6 Å². The molecule has 0 spiro atoms. The zero-order valence-electron chi connectivity index (χ0n) is 29.4. The Hall–Kier alpha value is -1.81. The van der Waals surface area contributed by atoms with Gasteiger partial charge in [0, 0.05) is 13.0 Å². The van der Waals surface area contributed by atoms with Gasteiger partial charge >= 0.3 is 19.8 Å². The molecule has 0 radical (unpaired) electrons. The second kappa shape index (κ2) is 32.7. The predicted octanol–water partition coefficient (Wildman–Crippen LogP) is 8.97. The van der Waals surface area contributed by atoms with Crippen LogP contribution in [0.2, 0.25) is 0 Å². The highest BCUT2D eigenvalue weighted by atomic mass is 31.2. The van der Waals surface area contributed by atoms with Crippen molar-refractivity contribution in [2.75, 3.05) is 26.4 Å². The van der Waals surface area contributed by atoms with Gasteiger partial charge in [0.05, 0.1) is 19.8 Å². The molecule has 0 aromatic carbocycles. The van der Waals surface area contributed by atoms with Gasteiger partial charge in [-0.15, -0.1) is 0 Å². The minimum absolute atomic E-state index is 0.00310. The molecule has 3 unspecified atom stereocenters. The molecule has 0 aromatic rings. The summed E-state index contributed by atoms with van der Waals surface area (Å²) in [6.07, 6.45) is 33.4. The van der Waals surface area contributed by atoms with Crippen molar-refractivity contribution in [2.24, 2.45) is 5.73 Å². The third-order valence-electron chi connectivity index (χ3n) is 7.43. The molecule has 0 aromatic heterocycles. The highest BCUT2D eigenvalue weighted by Crippen LogP contribution is 2.43. The number of nitrogens with two attached hydrogens (primary N) is 1. The highest BCUT2D eigenvalue weighted by molar-refractivity contribution is 7.47. The number of phosphoric ester groups is 1. The summed E-state index contributed by atoms with van der Waals surface area (Å²) in [5.74, 6) is -1.79. The molecule has 10 nitrogen and oxygen atoms in total. The molecule has 0 saturated heterocycles. The van der Waals surface area contributed by atoms with Crippen LogP contribution < -0.4 is 5.73 Å². The minimum atomic E-state index is -4.61. The van der Waals surface area contributed by atoms with Gasteiger partial charge in [0.25, 0.3) is 0 Å². The third kappa shape index (κ3) is 32.5. The van der Waals surface area contributed by atoms with Crippen LogP contribution in [0.5, 0.6) is 0 Å². The number of allylic oxidation sites excluding steroid dienone is 6. The second-order valence-corrected chi connectivity index (χ2v) is 13.4. The highest BCUT2D eigenvalue weighted by Gasteiger charge is 2.27. The van der Waals surface area contributed by atoms with Gasteiger partial charge in [-0.25, -0.2) is 4.57 Å². The van der Waals surface area contributed by atoms with Crippen LogP contribution in [0.4, 0.5) is 0 Å². The molecule has 0 aliphatic carbocycles. The van der Waals surface area contributed by atoms with Crippen LogP contribution in [0.25, 0.3) is 0 Å². The molecule has 0 rings (SSSR count). The molecular formula is C36H66NO9P. The molecule has 0 bridgehead atoms. The topological polar surface area (TPSA) is 155 Å². The Balaban J connectivity index is 4.37. The van der Waals surface area contributed by atoms with Crippen LogP contribution in [-0.2, 0) is 32.7 Å². The van der Waals surface area contributed by atoms with Crippen molar-refractivity contribution in [1.82, 2.24) is 0 Å². The normalized spacial score (nSPS) is 14.6. The van der Waals surface area contributed by atoms with Crippen LogP contribution in [0.1, 0.15) is 142 Å². The number of carbonyl (C=O) groups is 2. The van der Waals surface area contributed by atoms with Gasteiger partial charge in [0.15, 0.2) is 0 Å². The van der Waals surface area contributed by atoms with E-state index >= 15 is 0 Å².